The topological polar surface area (TPSA) is 17.8 Å². The van der Waals surface area contributed by atoms with Crippen molar-refractivity contribution in [3.05, 3.63) is 134 Å². The summed E-state index contributed by atoms with van der Waals surface area (Å²) < 4.78 is 2.40. The van der Waals surface area contributed by atoms with Gasteiger partial charge in [0.25, 0.3) is 0 Å². The zero-order valence-corrected chi connectivity index (χ0v) is 20.1. The minimum atomic E-state index is 1.03. The van der Waals surface area contributed by atoms with Crippen LogP contribution in [-0.2, 0) is 0 Å². The highest BCUT2D eigenvalue weighted by Crippen LogP contribution is 2.47. The third-order valence-corrected chi connectivity index (χ3v) is 7.63. The molecule has 0 saturated heterocycles. The Morgan fingerprint density at radius 2 is 0.919 bits per heavy atom. The summed E-state index contributed by atoms with van der Waals surface area (Å²) in [4.78, 5) is 4.86. The lowest BCUT2D eigenvalue weighted by Gasteiger charge is -2.23. The summed E-state index contributed by atoms with van der Waals surface area (Å²) in [7, 11) is 0. The fourth-order valence-corrected chi connectivity index (χ4v) is 6.04. The number of aromatic nitrogens is 2. The van der Waals surface area contributed by atoms with Crippen LogP contribution in [0.15, 0.2) is 134 Å². The third-order valence-electron chi connectivity index (χ3n) is 7.63. The third kappa shape index (κ3) is 2.90. The van der Waals surface area contributed by atoms with Gasteiger partial charge in [-0.2, -0.15) is 0 Å². The van der Waals surface area contributed by atoms with Crippen LogP contribution in [0.1, 0.15) is 0 Å². The van der Waals surface area contributed by atoms with Crippen molar-refractivity contribution in [3.8, 4) is 50.3 Å². The fraction of sp³-hybridized carbons (Fsp3) is 0. The van der Waals surface area contributed by atoms with E-state index in [2.05, 4.69) is 126 Å². The van der Waals surface area contributed by atoms with Crippen molar-refractivity contribution in [2.45, 2.75) is 0 Å². The van der Waals surface area contributed by atoms with E-state index >= 15 is 0 Å². The standard InChI is InChI=1S/C35H22N2/c1-2-12-26-24(10-1)31-16-9-21-36-35(31)30-15-4-3-11-25(30)27-20-19-23(22-32(26)27)37-33-17-7-5-13-28(33)29-14-6-8-18-34(29)37/h1-22H. The normalized spacial score (nSPS) is 11.8. The van der Waals surface area contributed by atoms with E-state index in [1.807, 2.05) is 12.3 Å². The van der Waals surface area contributed by atoms with E-state index in [1.54, 1.807) is 0 Å². The van der Waals surface area contributed by atoms with Crippen molar-refractivity contribution in [1.82, 2.24) is 9.55 Å². The smallest absolute Gasteiger partial charge is 0.0786 e. The number of rotatable bonds is 1. The van der Waals surface area contributed by atoms with Crippen molar-refractivity contribution in [2.75, 3.05) is 0 Å². The lowest BCUT2D eigenvalue weighted by molar-refractivity contribution is 1.18. The van der Waals surface area contributed by atoms with Gasteiger partial charge in [-0.25, -0.2) is 0 Å². The first-order chi connectivity index (χ1) is 18.4. The number of fused-ring (bicyclic) bond motifs is 11. The summed E-state index contributed by atoms with van der Waals surface area (Å²) in [6, 6.07) is 45.9. The minimum Gasteiger partial charge on any atom is -0.309 e. The van der Waals surface area contributed by atoms with E-state index in [1.165, 1.54) is 60.8 Å². The second kappa shape index (κ2) is 7.78. The molecular weight excluding hydrogens is 448 g/mol. The largest absolute Gasteiger partial charge is 0.309 e. The van der Waals surface area contributed by atoms with Crippen molar-refractivity contribution in [1.29, 1.82) is 0 Å². The van der Waals surface area contributed by atoms with Gasteiger partial charge in [-0.1, -0.05) is 97.1 Å². The summed E-state index contributed by atoms with van der Waals surface area (Å²) in [5.74, 6) is 0. The average Bonchev–Trinajstić information content (AvgIpc) is 3.31. The van der Waals surface area contributed by atoms with Crippen molar-refractivity contribution >= 4 is 21.8 Å². The number of nitrogens with zero attached hydrogens (tertiary/aromatic N) is 2. The maximum absolute atomic E-state index is 4.86. The lowest BCUT2D eigenvalue weighted by atomic mass is 9.82. The Labute approximate surface area is 215 Å². The van der Waals surface area contributed by atoms with E-state index in [9.17, 15) is 0 Å². The van der Waals surface area contributed by atoms with Gasteiger partial charge in [0.2, 0.25) is 0 Å². The monoisotopic (exact) mass is 470 g/mol. The van der Waals surface area contributed by atoms with E-state index in [0.29, 0.717) is 0 Å². The van der Waals surface area contributed by atoms with Crippen LogP contribution in [0.2, 0.25) is 0 Å². The molecule has 0 bridgehead atoms. The molecular formula is C35H22N2. The Hall–Kier alpha value is -4.95. The lowest BCUT2D eigenvalue weighted by Crippen LogP contribution is -2.00. The summed E-state index contributed by atoms with van der Waals surface area (Å²) in [6.45, 7) is 0. The summed E-state index contributed by atoms with van der Waals surface area (Å²) in [5, 5.41) is 2.55. The summed E-state index contributed by atoms with van der Waals surface area (Å²) in [5.41, 5.74) is 13.1. The molecule has 7 aromatic rings. The Balaban J connectivity index is 1.49. The molecule has 0 spiro atoms. The van der Waals surface area contributed by atoms with Gasteiger partial charge in [-0.15, -0.1) is 0 Å². The van der Waals surface area contributed by atoms with E-state index in [4.69, 9.17) is 4.98 Å². The van der Waals surface area contributed by atoms with E-state index in [0.717, 1.165) is 11.4 Å². The summed E-state index contributed by atoms with van der Waals surface area (Å²) in [6.07, 6.45) is 1.89. The highest BCUT2D eigenvalue weighted by molar-refractivity contribution is 6.09. The van der Waals surface area contributed by atoms with Gasteiger partial charge in [-0.05, 0) is 58.1 Å². The fourth-order valence-electron chi connectivity index (χ4n) is 6.04. The maximum Gasteiger partial charge on any atom is 0.0786 e. The molecule has 5 aromatic carbocycles. The zero-order chi connectivity index (χ0) is 24.3. The molecule has 172 valence electrons. The van der Waals surface area contributed by atoms with Gasteiger partial charge in [0, 0.05) is 33.8 Å². The second-order valence-electron chi connectivity index (χ2n) is 9.59. The first-order valence-corrected chi connectivity index (χ1v) is 12.7. The van der Waals surface area contributed by atoms with Crippen LogP contribution < -0.4 is 0 Å². The van der Waals surface area contributed by atoms with Gasteiger partial charge < -0.3 is 4.57 Å². The maximum atomic E-state index is 4.86. The second-order valence-corrected chi connectivity index (χ2v) is 9.59. The van der Waals surface area contributed by atoms with Gasteiger partial charge in [0.1, 0.15) is 0 Å². The quantitative estimate of drug-likeness (QED) is 0.234. The van der Waals surface area contributed by atoms with Crippen LogP contribution in [0.5, 0.6) is 0 Å². The van der Waals surface area contributed by atoms with Gasteiger partial charge in [0.05, 0.1) is 16.7 Å². The average molecular weight is 471 g/mol. The number of pyridine rings is 1. The van der Waals surface area contributed by atoms with E-state index in [-0.39, 0.29) is 0 Å². The SMILES string of the molecule is c1ccc2c(c1)-c1cc(-n3c4ccccc4c4ccccc43)ccc1-c1ccccc1-c1ncccc1-2. The molecule has 2 aromatic heterocycles. The molecule has 2 nitrogen and oxygen atoms in total. The van der Waals surface area contributed by atoms with Crippen LogP contribution >= 0.6 is 0 Å². The van der Waals surface area contributed by atoms with Crippen LogP contribution in [0.3, 0.4) is 0 Å². The number of hydrogen-bond acceptors (Lipinski definition) is 1. The summed E-state index contributed by atoms with van der Waals surface area (Å²) >= 11 is 0. The van der Waals surface area contributed by atoms with Crippen molar-refractivity contribution in [2.24, 2.45) is 0 Å². The van der Waals surface area contributed by atoms with Gasteiger partial charge >= 0.3 is 0 Å². The predicted molar refractivity (Wildman–Crippen MR) is 154 cm³/mol. The Kier molecular flexibility index (Phi) is 4.26. The molecule has 1 aliphatic carbocycles. The van der Waals surface area contributed by atoms with Crippen LogP contribution in [0, 0.1) is 0 Å². The highest BCUT2D eigenvalue weighted by Gasteiger charge is 2.23. The molecule has 2 heterocycles. The van der Waals surface area contributed by atoms with Crippen LogP contribution in [0.25, 0.3) is 72.1 Å². The molecule has 0 atom stereocenters. The highest BCUT2D eigenvalue weighted by atomic mass is 15.0. The van der Waals surface area contributed by atoms with Gasteiger partial charge in [0.15, 0.2) is 0 Å². The molecule has 0 amide bonds. The first kappa shape index (κ1) is 20.3. The van der Waals surface area contributed by atoms with Crippen molar-refractivity contribution in [3.63, 3.8) is 0 Å². The minimum absolute atomic E-state index is 1.03. The zero-order valence-electron chi connectivity index (χ0n) is 20.1. The number of hydrogen-bond donors (Lipinski definition) is 0. The van der Waals surface area contributed by atoms with Gasteiger partial charge in [-0.3, -0.25) is 4.98 Å². The predicted octanol–water partition coefficient (Wildman–Crippen LogP) is 9.16. The van der Waals surface area contributed by atoms with Crippen LogP contribution in [0.4, 0.5) is 0 Å². The first-order valence-electron chi connectivity index (χ1n) is 12.7. The van der Waals surface area contributed by atoms with Crippen molar-refractivity contribution < 1.29 is 0 Å². The van der Waals surface area contributed by atoms with Crippen LogP contribution in [-0.4, -0.2) is 9.55 Å². The molecule has 0 fully saturated rings. The Morgan fingerprint density at radius 1 is 0.405 bits per heavy atom. The molecule has 0 N–H and O–H groups in total. The molecule has 0 aliphatic heterocycles. The number of para-hydroxylation sites is 2. The molecule has 1 aliphatic rings. The molecule has 37 heavy (non-hydrogen) atoms. The molecule has 8 rings (SSSR count). The Bertz CT molecular complexity index is 1930. The molecule has 0 unspecified atom stereocenters. The molecule has 0 radical (unpaired) electrons. The molecule has 0 saturated carbocycles. The number of benzene rings is 5. The Morgan fingerprint density at radius 3 is 1.62 bits per heavy atom. The van der Waals surface area contributed by atoms with E-state index < -0.39 is 0 Å². The molecule has 2 heteroatoms.